The van der Waals surface area contributed by atoms with Crippen LogP contribution in [0.5, 0.6) is 0 Å². The second-order valence-electron chi connectivity index (χ2n) is 2.99. The van der Waals surface area contributed by atoms with Crippen LogP contribution < -0.4 is 0 Å². The molecule has 1 nitrogen and oxygen atoms in total. The van der Waals surface area contributed by atoms with Crippen molar-refractivity contribution >= 4 is 11.3 Å². The molecule has 1 aromatic rings. The maximum absolute atomic E-state index is 5.37. The van der Waals surface area contributed by atoms with Crippen molar-refractivity contribution in [3.8, 4) is 0 Å². The molecular weight excluding hydrogens is 156 g/mol. The molecule has 0 aliphatic carbocycles. The molecule has 2 heterocycles. The Balaban J connectivity index is 2.50. The van der Waals surface area contributed by atoms with Crippen molar-refractivity contribution in [2.45, 2.75) is 26.9 Å². The van der Waals surface area contributed by atoms with Gasteiger partial charge in [-0.25, -0.2) is 0 Å². The van der Waals surface area contributed by atoms with Gasteiger partial charge in [0, 0.05) is 9.75 Å². The molecule has 0 radical (unpaired) electrons. The minimum atomic E-state index is 0.842. The minimum absolute atomic E-state index is 0.842. The van der Waals surface area contributed by atoms with Gasteiger partial charge in [0.1, 0.15) is 0 Å². The summed E-state index contributed by atoms with van der Waals surface area (Å²) in [5.74, 6) is 0. The molecule has 2 heteroatoms. The van der Waals surface area contributed by atoms with Crippen molar-refractivity contribution in [2.75, 3.05) is 6.61 Å². The molecule has 0 amide bonds. The number of hydrogen-bond donors (Lipinski definition) is 0. The molecule has 1 aliphatic rings. The average molecular weight is 168 g/mol. The fraction of sp³-hybridized carbons (Fsp3) is 0.556. The molecule has 60 valence electrons. The third-order valence-corrected chi connectivity index (χ3v) is 3.55. The number of aryl methyl sites for hydroxylation is 1. The summed E-state index contributed by atoms with van der Waals surface area (Å²) in [5.41, 5.74) is 3.05. The fourth-order valence-corrected chi connectivity index (χ4v) is 2.69. The van der Waals surface area contributed by atoms with Crippen LogP contribution in [0.25, 0.3) is 0 Å². The van der Waals surface area contributed by atoms with Crippen LogP contribution in [0.2, 0.25) is 0 Å². The number of fused-ring (bicyclic) bond motifs is 1. The lowest BCUT2D eigenvalue weighted by Crippen LogP contribution is -2.07. The van der Waals surface area contributed by atoms with Crippen molar-refractivity contribution < 1.29 is 4.74 Å². The van der Waals surface area contributed by atoms with Crippen LogP contribution in [0.3, 0.4) is 0 Å². The predicted molar refractivity (Wildman–Crippen MR) is 47.2 cm³/mol. The van der Waals surface area contributed by atoms with E-state index in [9.17, 15) is 0 Å². The van der Waals surface area contributed by atoms with Gasteiger partial charge >= 0.3 is 0 Å². The third-order valence-electron chi connectivity index (χ3n) is 2.32. The predicted octanol–water partition coefficient (Wildman–Crippen LogP) is 2.44. The van der Waals surface area contributed by atoms with E-state index in [-0.39, 0.29) is 0 Å². The highest BCUT2D eigenvalue weighted by atomic mass is 32.1. The Morgan fingerprint density at radius 1 is 1.36 bits per heavy atom. The highest BCUT2D eigenvalue weighted by Gasteiger charge is 2.15. The van der Waals surface area contributed by atoms with Gasteiger partial charge in [-0.15, -0.1) is 11.3 Å². The molecule has 0 saturated heterocycles. The Labute approximate surface area is 71.0 Å². The second-order valence-corrected chi connectivity index (χ2v) is 4.30. The van der Waals surface area contributed by atoms with Gasteiger partial charge < -0.3 is 4.74 Å². The van der Waals surface area contributed by atoms with Crippen molar-refractivity contribution in [1.29, 1.82) is 0 Å². The van der Waals surface area contributed by atoms with Crippen molar-refractivity contribution in [3.05, 3.63) is 20.9 Å². The maximum atomic E-state index is 5.37. The summed E-state index contributed by atoms with van der Waals surface area (Å²) in [5, 5.41) is 0. The molecular formula is C9H12OS. The molecule has 11 heavy (non-hydrogen) atoms. The zero-order valence-corrected chi connectivity index (χ0v) is 7.75. The van der Waals surface area contributed by atoms with Crippen LogP contribution in [-0.2, 0) is 17.8 Å². The molecule has 0 unspecified atom stereocenters. The van der Waals surface area contributed by atoms with Gasteiger partial charge in [0.05, 0.1) is 13.2 Å². The summed E-state index contributed by atoms with van der Waals surface area (Å²) in [4.78, 5) is 2.91. The topological polar surface area (TPSA) is 9.23 Å². The van der Waals surface area contributed by atoms with Crippen LogP contribution in [0.15, 0.2) is 0 Å². The van der Waals surface area contributed by atoms with Crippen molar-refractivity contribution in [1.82, 2.24) is 0 Å². The highest BCUT2D eigenvalue weighted by Crippen LogP contribution is 2.30. The summed E-state index contributed by atoms with van der Waals surface area (Å²) in [6.45, 7) is 6.16. The first-order valence-corrected chi connectivity index (χ1v) is 4.76. The molecule has 1 aromatic heterocycles. The zero-order chi connectivity index (χ0) is 7.84. The van der Waals surface area contributed by atoms with Crippen molar-refractivity contribution in [3.63, 3.8) is 0 Å². The molecule has 0 bridgehead atoms. The van der Waals surface area contributed by atoms with Crippen LogP contribution in [0.1, 0.15) is 20.9 Å². The second kappa shape index (κ2) is 2.61. The number of hydrogen-bond acceptors (Lipinski definition) is 2. The number of ether oxygens (including phenoxy) is 1. The molecule has 0 spiro atoms. The van der Waals surface area contributed by atoms with E-state index in [1.165, 1.54) is 15.3 Å². The largest absolute Gasteiger partial charge is 0.376 e. The first kappa shape index (κ1) is 7.32. The summed E-state index contributed by atoms with van der Waals surface area (Å²) in [6.07, 6.45) is 1.12. The number of rotatable bonds is 0. The smallest absolute Gasteiger partial charge is 0.0812 e. The van der Waals surface area contributed by atoms with E-state index < -0.39 is 0 Å². The Morgan fingerprint density at radius 3 is 2.91 bits per heavy atom. The van der Waals surface area contributed by atoms with E-state index in [1.807, 2.05) is 11.3 Å². The Hall–Kier alpha value is -0.340. The third kappa shape index (κ3) is 1.10. The lowest BCUT2D eigenvalue weighted by molar-refractivity contribution is 0.113. The van der Waals surface area contributed by atoms with Gasteiger partial charge in [-0.1, -0.05) is 0 Å². The monoisotopic (exact) mass is 168 g/mol. The molecule has 0 N–H and O–H groups in total. The van der Waals surface area contributed by atoms with E-state index in [0.29, 0.717) is 0 Å². The minimum Gasteiger partial charge on any atom is -0.376 e. The van der Waals surface area contributed by atoms with Gasteiger partial charge in [-0.05, 0) is 31.4 Å². The first-order chi connectivity index (χ1) is 5.29. The molecule has 0 saturated carbocycles. The summed E-state index contributed by atoms with van der Waals surface area (Å²) >= 11 is 1.89. The standard InChI is InChI=1S/C9H12OS/c1-6-7(2)11-9-5-10-4-3-8(6)9/h3-5H2,1-2H3. The van der Waals surface area contributed by atoms with E-state index in [4.69, 9.17) is 4.74 Å². The molecule has 1 aliphatic heterocycles. The van der Waals surface area contributed by atoms with E-state index >= 15 is 0 Å². The van der Waals surface area contributed by atoms with Gasteiger partial charge in [0.2, 0.25) is 0 Å². The fourth-order valence-electron chi connectivity index (χ4n) is 1.53. The van der Waals surface area contributed by atoms with Gasteiger partial charge in [0.15, 0.2) is 0 Å². The Bertz CT molecular complexity index is 275. The lowest BCUT2D eigenvalue weighted by Gasteiger charge is -2.11. The summed E-state index contributed by atoms with van der Waals surface area (Å²) in [7, 11) is 0. The van der Waals surface area contributed by atoms with E-state index in [0.717, 1.165) is 19.6 Å². The molecule has 0 aromatic carbocycles. The average Bonchev–Trinajstić information content (AvgIpc) is 2.30. The molecule has 2 rings (SSSR count). The summed E-state index contributed by atoms with van der Waals surface area (Å²) in [6, 6.07) is 0. The first-order valence-electron chi connectivity index (χ1n) is 3.94. The molecule has 0 fully saturated rings. The van der Waals surface area contributed by atoms with Crippen molar-refractivity contribution in [2.24, 2.45) is 0 Å². The van der Waals surface area contributed by atoms with E-state index in [1.54, 1.807) is 5.56 Å². The molecule has 0 atom stereocenters. The maximum Gasteiger partial charge on any atom is 0.0812 e. The normalized spacial score (nSPS) is 16.5. The van der Waals surface area contributed by atoms with Crippen LogP contribution in [-0.4, -0.2) is 6.61 Å². The van der Waals surface area contributed by atoms with Gasteiger partial charge in [0.25, 0.3) is 0 Å². The van der Waals surface area contributed by atoms with Crippen LogP contribution >= 0.6 is 11.3 Å². The van der Waals surface area contributed by atoms with Gasteiger partial charge in [-0.3, -0.25) is 0 Å². The van der Waals surface area contributed by atoms with Crippen LogP contribution in [0, 0.1) is 13.8 Å². The lowest BCUT2D eigenvalue weighted by atomic mass is 10.1. The quantitative estimate of drug-likeness (QED) is 0.578. The Morgan fingerprint density at radius 2 is 2.18 bits per heavy atom. The number of thiophene rings is 1. The van der Waals surface area contributed by atoms with Crippen LogP contribution in [0.4, 0.5) is 0 Å². The zero-order valence-electron chi connectivity index (χ0n) is 6.94. The van der Waals surface area contributed by atoms with Gasteiger partial charge in [-0.2, -0.15) is 0 Å². The Kier molecular flexibility index (Phi) is 1.74. The van der Waals surface area contributed by atoms with E-state index in [2.05, 4.69) is 13.8 Å². The summed E-state index contributed by atoms with van der Waals surface area (Å²) < 4.78 is 5.37. The highest BCUT2D eigenvalue weighted by molar-refractivity contribution is 7.12. The SMILES string of the molecule is Cc1sc2c(c1C)CCOC2.